The first-order valence-electron chi connectivity index (χ1n) is 11.6. The molecule has 1 aliphatic heterocycles. The quantitative estimate of drug-likeness (QED) is 0.452. The van der Waals surface area contributed by atoms with Crippen LogP contribution in [-0.4, -0.2) is 75.7 Å². The molecular formula is C25H35N5O2Sn. The molecule has 4 rings (SSSR count). The monoisotopic (exact) mass is 557 g/mol. The number of anilines is 1. The van der Waals surface area contributed by atoms with E-state index >= 15 is 0 Å². The molecule has 0 aliphatic carbocycles. The van der Waals surface area contributed by atoms with Crippen molar-refractivity contribution in [2.45, 2.75) is 47.7 Å². The summed E-state index contributed by atoms with van der Waals surface area (Å²) in [6, 6.07) is 8.41. The first kappa shape index (κ1) is 24.0. The summed E-state index contributed by atoms with van der Waals surface area (Å²) < 4.78 is 8.59. The number of piperazine rings is 1. The van der Waals surface area contributed by atoms with Gasteiger partial charge in [0.05, 0.1) is 0 Å². The molecular weight excluding hydrogens is 521 g/mol. The topological polar surface area (TPSA) is 63.5 Å². The summed E-state index contributed by atoms with van der Waals surface area (Å²) in [6.07, 6.45) is 5.30. The van der Waals surface area contributed by atoms with Crippen LogP contribution < -0.4 is 8.48 Å². The molecule has 1 aliphatic rings. The van der Waals surface area contributed by atoms with Gasteiger partial charge in [-0.15, -0.1) is 0 Å². The molecule has 0 atom stereocenters. The van der Waals surface area contributed by atoms with Gasteiger partial charge in [0, 0.05) is 6.20 Å². The summed E-state index contributed by atoms with van der Waals surface area (Å²) in [7, 11) is 0. The standard InChI is InChI=1S/C22H26N5O2.3CH3.Sn/c1-22(2,3)29-21(28)27-16-17(18-7-6-10-24-20(18)27)15-25-11-13-26(14-12-25)19-8-4-5-9-23-19;;;;/h4,6-10,16H,11-15H2,1-3H3;3*1H3;. The number of hydrogen-bond donors (Lipinski definition) is 0. The van der Waals surface area contributed by atoms with E-state index in [0.29, 0.717) is 5.65 Å². The Morgan fingerprint density at radius 1 is 1.06 bits per heavy atom. The summed E-state index contributed by atoms with van der Waals surface area (Å²) in [5.74, 6) is 1.07. The Kier molecular flexibility index (Phi) is 6.73. The van der Waals surface area contributed by atoms with Crippen molar-refractivity contribution in [3.05, 3.63) is 48.4 Å². The third kappa shape index (κ3) is 5.69. The molecule has 7 nitrogen and oxygen atoms in total. The molecule has 176 valence electrons. The fourth-order valence-electron chi connectivity index (χ4n) is 4.10. The van der Waals surface area contributed by atoms with Crippen LogP contribution in [0.1, 0.15) is 26.3 Å². The Balaban J connectivity index is 1.44. The molecule has 1 saturated heterocycles. The summed E-state index contributed by atoms with van der Waals surface area (Å²) in [5, 5.41) is 0.997. The van der Waals surface area contributed by atoms with Crippen LogP contribution in [0.25, 0.3) is 11.0 Å². The van der Waals surface area contributed by atoms with Gasteiger partial charge in [0.2, 0.25) is 0 Å². The number of carbonyl (C=O) groups is 1. The Labute approximate surface area is 200 Å². The van der Waals surface area contributed by atoms with Crippen LogP contribution in [0.3, 0.4) is 0 Å². The van der Waals surface area contributed by atoms with Gasteiger partial charge in [-0.3, -0.25) is 0 Å². The number of carbonyl (C=O) groups excluding carboxylic acids is 1. The minimum Gasteiger partial charge on any atom is -0.238 e. The summed E-state index contributed by atoms with van der Waals surface area (Å²) >= 11 is -2.07. The van der Waals surface area contributed by atoms with Crippen LogP contribution in [0.15, 0.2) is 42.9 Å². The maximum atomic E-state index is 12.7. The van der Waals surface area contributed by atoms with Crippen LogP contribution >= 0.6 is 0 Å². The SMILES string of the molecule is CC(C)(C)OC(=O)n1cc(CN2CCN(c3cc[c]([Sn]([CH3])([CH3])[CH3])cn3)CC2)c2cccnc21. The van der Waals surface area contributed by atoms with E-state index in [1.807, 2.05) is 39.1 Å². The average molecular weight is 556 g/mol. The smallest absolute Gasteiger partial charge is 0.238 e. The van der Waals surface area contributed by atoms with Crippen molar-refractivity contribution < 1.29 is 9.53 Å². The van der Waals surface area contributed by atoms with Crippen LogP contribution in [0.5, 0.6) is 0 Å². The predicted molar refractivity (Wildman–Crippen MR) is 136 cm³/mol. The molecule has 0 aromatic carbocycles. The van der Waals surface area contributed by atoms with Gasteiger partial charge in [-0.05, 0) is 26.8 Å². The second kappa shape index (κ2) is 9.25. The molecule has 0 unspecified atom stereocenters. The van der Waals surface area contributed by atoms with E-state index in [0.717, 1.165) is 49.5 Å². The second-order valence-corrected chi connectivity index (χ2v) is 25.3. The Morgan fingerprint density at radius 2 is 1.79 bits per heavy atom. The van der Waals surface area contributed by atoms with E-state index in [1.54, 1.807) is 6.20 Å². The van der Waals surface area contributed by atoms with Gasteiger partial charge < -0.3 is 4.74 Å². The number of hydrogen-bond acceptors (Lipinski definition) is 6. The molecule has 3 aromatic heterocycles. The fraction of sp³-hybridized carbons (Fsp3) is 0.480. The number of pyridine rings is 2. The van der Waals surface area contributed by atoms with Gasteiger partial charge in [0.1, 0.15) is 5.60 Å². The Morgan fingerprint density at radius 3 is 2.39 bits per heavy atom. The predicted octanol–water partition coefficient (Wildman–Crippen LogP) is 4.08. The summed E-state index contributed by atoms with van der Waals surface area (Å²) in [6.45, 7) is 10.2. The van der Waals surface area contributed by atoms with Crippen molar-refractivity contribution in [2.75, 3.05) is 31.1 Å². The van der Waals surface area contributed by atoms with Crippen molar-refractivity contribution in [2.24, 2.45) is 0 Å². The number of fused-ring (bicyclic) bond motifs is 1. The van der Waals surface area contributed by atoms with Crippen molar-refractivity contribution in [3.63, 3.8) is 0 Å². The zero-order chi connectivity index (χ0) is 23.8. The maximum absolute atomic E-state index is 12.7. The Hall–Kier alpha value is -2.13. The van der Waals surface area contributed by atoms with Crippen LogP contribution in [0.2, 0.25) is 14.8 Å². The van der Waals surface area contributed by atoms with Gasteiger partial charge in [0.25, 0.3) is 0 Å². The number of rotatable bonds is 4. The normalized spacial score (nSPS) is 15.8. The van der Waals surface area contributed by atoms with Crippen molar-refractivity contribution >= 4 is 44.9 Å². The number of aromatic nitrogens is 3. The molecule has 33 heavy (non-hydrogen) atoms. The zero-order valence-corrected chi connectivity index (χ0v) is 23.5. The first-order valence-corrected chi connectivity index (χ1v) is 21.6. The minimum absolute atomic E-state index is 0.392. The zero-order valence-electron chi connectivity index (χ0n) is 20.6. The summed E-state index contributed by atoms with van der Waals surface area (Å²) in [4.78, 5) is 34.0. The molecule has 0 bridgehead atoms. The molecule has 0 N–H and O–H groups in total. The van der Waals surface area contributed by atoms with E-state index in [1.165, 1.54) is 8.15 Å². The molecule has 0 spiro atoms. The molecule has 1 fully saturated rings. The van der Waals surface area contributed by atoms with Crippen LogP contribution in [-0.2, 0) is 11.3 Å². The molecule has 0 radical (unpaired) electrons. The molecule has 0 saturated carbocycles. The van der Waals surface area contributed by atoms with Gasteiger partial charge in [-0.25, -0.2) is 9.78 Å². The molecule has 8 heteroatoms. The van der Waals surface area contributed by atoms with Crippen LogP contribution in [0.4, 0.5) is 10.6 Å². The fourth-order valence-corrected chi connectivity index (χ4v) is 7.05. The minimum atomic E-state index is -2.07. The van der Waals surface area contributed by atoms with E-state index in [2.05, 4.69) is 47.9 Å². The van der Waals surface area contributed by atoms with Crippen molar-refractivity contribution in [1.82, 2.24) is 19.4 Å². The van der Waals surface area contributed by atoms with E-state index in [4.69, 9.17) is 9.72 Å². The molecule has 0 amide bonds. The van der Waals surface area contributed by atoms with Gasteiger partial charge in [-0.2, -0.15) is 0 Å². The molecule has 4 heterocycles. The van der Waals surface area contributed by atoms with Gasteiger partial charge >= 0.3 is 148 Å². The van der Waals surface area contributed by atoms with Crippen LogP contribution in [0, 0.1) is 0 Å². The number of nitrogens with zero attached hydrogens (tertiary/aromatic N) is 5. The number of ether oxygens (including phenoxy) is 1. The second-order valence-electron chi connectivity index (χ2n) is 10.8. The van der Waals surface area contributed by atoms with E-state index in [9.17, 15) is 4.79 Å². The van der Waals surface area contributed by atoms with Crippen molar-refractivity contribution in [1.29, 1.82) is 0 Å². The van der Waals surface area contributed by atoms with E-state index < -0.39 is 30.1 Å². The molecule has 3 aromatic rings. The first-order chi connectivity index (χ1) is 15.5. The van der Waals surface area contributed by atoms with Crippen molar-refractivity contribution in [3.8, 4) is 0 Å². The average Bonchev–Trinajstić information content (AvgIpc) is 3.11. The summed E-state index contributed by atoms with van der Waals surface area (Å²) in [5.41, 5.74) is 1.19. The third-order valence-electron chi connectivity index (χ3n) is 5.94. The third-order valence-corrected chi connectivity index (χ3v) is 11.7. The Bertz CT molecular complexity index is 1120. The van der Waals surface area contributed by atoms with Gasteiger partial charge in [-0.1, -0.05) is 0 Å². The van der Waals surface area contributed by atoms with Gasteiger partial charge in [0.15, 0.2) is 0 Å². The van der Waals surface area contributed by atoms with E-state index in [-0.39, 0.29) is 0 Å².